The lowest BCUT2D eigenvalue weighted by atomic mass is 10.1. The van der Waals surface area contributed by atoms with Crippen LogP contribution in [0.25, 0.3) is 0 Å². The van der Waals surface area contributed by atoms with Crippen molar-refractivity contribution < 1.29 is 4.74 Å². The molecule has 1 aromatic rings. The SMILES string of the molecule is CC(C)C(C)Oc1ccncc1CCl. The van der Waals surface area contributed by atoms with Gasteiger partial charge in [-0.2, -0.15) is 0 Å². The predicted molar refractivity (Wildman–Crippen MR) is 58.7 cm³/mol. The Morgan fingerprint density at radius 1 is 1.43 bits per heavy atom. The molecular formula is C11H16ClNO. The van der Waals surface area contributed by atoms with Crippen molar-refractivity contribution in [3.8, 4) is 5.75 Å². The van der Waals surface area contributed by atoms with Crippen molar-refractivity contribution in [3.63, 3.8) is 0 Å². The highest BCUT2D eigenvalue weighted by Crippen LogP contribution is 2.21. The van der Waals surface area contributed by atoms with E-state index in [2.05, 4.69) is 25.8 Å². The van der Waals surface area contributed by atoms with Crippen molar-refractivity contribution in [2.24, 2.45) is 5.92 Å². The predicted octanol–water partition coefficient (Wildman–Crippen LogP) is 3.24. The van der Waals surface area contributed by atoms with Crippen LogP contribution in [0.3, 0.4) is 0 Å². The molecule has 3 heteroatoms. The average Bonchev–Trinajstić information content (AvgIpc) is 2.18. The second-order valence-electron chi connectivity index (χ2n) is 3.68. The molecule has 0 aliphatic heterocycles. The first-order valence-corrected chi connectivity index (χ1v) is 5.34. The molecule has 1 heterocycles. The Bertz CT molecular complexity index is 288. The molecule has 1 atom stereocenters. The summed E-state index contributed by atoms with van der Waals surface area (Å²) in [6.45, 7) is 6.32. The van der Waals surface area contributed by atoms with Crippen LogP contribution in [0.1, 0.15) is 26.3 Å². The van der Waals surface area contributed by atoms with Crippen LogP contribution in [0.5, 0.6) is 5.75 Å². The Balaban J connectivity index is 2.75. The number of halogens is 1. The van der Waals surface area contributed by atoms with E-state index in [1.165, 1.54) is 0 Å². The van der Waals surface area contributed by atoms with E-state index in [0.717, 1.165) is 11.3 Å². The molecule has 1 rings (SSSR count). The largest absolute Gasteiger partial charge is 0.490 e. The van der Waals surface area contributed by atoms with Gasteiger partial charge in [-0.25, -0.2) is 0 Å². The van der Waals surface area contributed by atoms with Gasteiger partial charge in [0.25, 0.3) is 0 Å². The summed E-state index contributed by atoms with van der Waals surface area (Å²) < 4.78 is 5.77. The summed E-state index contributed by atoms with van der Waals surface area (Å²) in [5, 5.41) is 0. The second-order valence-corrected chi connectivity index (χ2v) is 3.95. The van der Waals surface area contributed by atoms with Gasteiger partial charge in [0.1, 0.15) is 5.75 Å². The van der Waals surface area contributed by atoms with E-state index in [4.69, 9.17) is 16.3 Å². The van der Waals surface area contributed by atoms with Gasteiger partial charge >= 0.3 is 0 Å². The molecule has 14 heavy (non-hydrogen) atoms. The number of aromatic nitrogens is 1. The lowest BCUT2D eigenvalue weighted by Crippen LogP contribution is -2.19. The molecule has 0 N–H and O–H groups in total. The Labute approximate surface area is 90.3 Å². The monoisotopic (exact) mass is 213 g/mol. The molecule has 1 aromatic heterocycles. The molecule has 0 amide bonds. The highest BCUT2D eigenvalue weighted by atomic mass is 35.5. The maximum absolute atomic E-state index is 5.78. The van der Waals surface area contributed by atoms with Gasteiger partial charge in [0.05, 0.1) is 12.0 Å². The molecule has 2 nitrogen and oxygen atoms in total. The Morgan fingerprint density at radius 3 is 2.71 bits per heavy atom. The van der Waals surface area contributed by atoms with E-state index in [0.29, 0.717) is 11.8 Å². The van der Waals surface area contributed by atoms with Crippen LogP contribution < -0.4 is 4.74 Å². The van der Waals surface area contributed by atoms with Crippen molar-refractivity contribution in [1.82, 2.24) is 4.98 Å². The van der Waals surface area contributed by atoms with E-state index >= 15 is 0 Å². The van der Waals surface area contributed by atoms with Crippen molar-refractivity contribution in [1.29, 1.82) is 0 Å². The zero-order valence-corrected chi connectivity index (χ0v) is 9.58. The molecule has 0 fully saturated rings. The Kier molecular flexibility index (Phi) is 4.21. The van der Waals surface area contributed by atoms with E-state index in [1.54, 1.807) is 12.4 Å². The smallest absolute Gasteiger partial charge is 0.127 e. The Morgan fingerprint density at radius 2 is 2.14 bits per heavy atom. The molecule has 0 saturated carbocycles. The van der Waals surface area contributed by atoms with Crippen molar-refractivity contribution >= 4 is 11.6 Å². The summed E-state index contributed by atoms with van der Waals surface area (Å²) in [6.07, 6.45) is 3.66. The van der Waals surface area contributed by atoms with Gasteiger partial charge in [-0.1, -0.05) is 13.8 Å². The van der Waals surface area contributed by atoms with Crippen LogP contribution in [0.4, 0.5) is 0 Å². The highest BCUT2D eigenvalue weighted by Gasteiger charge is 2.10. The molecule has 78 valence electrons. The van der Waals surface area contributed by atoms with Crippen LogP contribution in [-0.2, 0) is 5.88 Å². The first kappa shape index (κ1) is 11.3. The topological polar surface area (TPSA) is 22.1 Å². The summed E-state index contributed by atoms with van der Waals surface area (Å²) in [6, 6.07) is 1.86. The molecule has 0 aliphatic rings. The Hall–Kier alpha value is -0.760. The lowest BCUT2D eigenvalue weighted by Gasteiger charge is -2.19. The quantitative estimate of drug-likeness (QED) is 0.717. The number of nitrogens with zero attached hydrogens (tertiary/aromatic N) is 1. The van der Waals surface area contributed by atoms with E-state index in [1.807, 2.05) is 6.07 Å². The first-order valence-electron chi connectivity index (χ1n) is 4.80. The van der Waals surface area contributed by atoms with E-state index in [-0.39, 0.29) is 6.10 Å². The summed E-state index contributed by atoms with van der Waals surface area (Å²) in [5.74, 6) is 1.77. The molecule has 0 radical (unpaired) electrons. The van der Waals surface area contributed by atoms with Crippen molar-refractivity contribution in [2.75, 3.05) is 0 Å². The third-order valence-corrected chi connectivity index (χ3v) is 2.54. The normalized spacial score (nSPS) is 12.9. The number of ether oxygens (including phenoxy) is 1. The van der Waals surface area contributed by atoms with Gasteiger partial charge in [-0.3, -0.25) is 4.98 Å². The minimum Gasteiger partial charge on any atom is -0.490 e. The summed E-state index contributed by atoms with van der Waals surface area (Å²) in [5.41, 5.74) is 0.946. The number of alkyl halides is 1. The molecule has 0 aromatic carbocycles. The molecular weight excluding hydrogens is 198 g/mol. The molecule has 0 spiro atoms. The third kappa shape index (κ3) is 2.88. The van der Waals surface area contributed by atoms with Gasteiger partial charge in [0, 0.05) is 18.0 Å². The molecule has 1 unspecified atom stereocenters. The fourth-order valence-electron chi connectivity index (χ4n) is 0.966. The third-order valence-electron chi connectivity index (χ3n) is 2.25. The van der Waals surface area contributed by atoms with Gasteiger partial charge in [0.15, 0.2) is 0 Å². The summed E-state index contributed by atoms with van der Waals surface area (Å²) >= 11 is 5.78. The minimum atomic E-state index is 0.194. The lowest BCUT2D eigenvalue weighted by molar-refractivity contribution is 0.169. The minimum absolute atomic E-state index is 0.194. The number of pyridine rings is 1. The summed E-state index contributed by atoms with van der Waals surface area (Å²) in [4.78, 5) is 4.00. The van der Waals surface area contributed by atoms with Crippen LogP contribution >= 0.6 is 11.6 Å². The zero-order valence-electron chi connectivity index (χ0n) is 8.83. The van der Waals surface area contributed by atoms with Crippen LogP contribution in [0.2, 0.25) is 0 Å². The van der Waals surface area contributed by atoms with Crippen LogP contribution in [0, 0.1) is 5.92 Å². The van der Waals surface area contributed by atoms with Crippen molar-refractivity contribution in [3.05, 3.63) is 24.0 Å². The maximum atomic E-state index is 5.78. The number of hydrogen-bond acceptors (Lipinski definition) is 2. The maximum Gasteiger partial charge on any atom is 0.127 e. The van der Waals surface area contributed by atoms with Crippen LogP contribution in [0.15, 0.2) is 18.5 Å². The summed E-state index contributed by atoms with van der Waals surface area (Å²) in [7, 11) is 0. The van der Waals surface area contributed by atoms with E-state index in [9.17, 15) is 0 Å². The van der Waals surface area contributed by atoms with Gasteiger partial charge in [0.2, 0.25) is 0 Å². The average molecular weight is 214 g/mol. The van der Waals surface area contributed by atoms with Gasteiger partial charge in [-0.15, -0.1) is 11.6 Å². The van der Waals surface area contributed by atoms with Gasteiger partial charge < -0.3 is 4.74 Å². The van der Waals surface area contributed by atoms with Crippen molar-refractivity contribution in [2.45, 2.75) is 32.8 Å². The van der Waals surface area contributed by atoms with Crippen LogP contribution in [-0.4, -0.2) is 11.1 Å². The fourth-order valence-corrected chi connectivity index (χ4v) is 1.17. The molecule has 0 aliphatic carbocycles. The zero-order chi connectivity index (χ0) is 10.6. The van der Waals surface area contributed by atoms with Gasteiger partial charge in [-0.05, 0) is 18.9 Å². The molecule has 0 bridgehead atoms. The standard InChI is InChI=1S/C11H16ClNO/c1-8(2)9(3)14-11-4-5-13-7-10(11)6-12/h4-5,7-9H,6H2,1-3H3. The highest BCUT2D eigenvalue weighted by molar-refractivity contribution is 6.17. The number of rotatable bonds is 4. The fraction of sp³-hybridized carbons (Fsp3) is 0.545. The number of hydrogen-bond donors (Lipinski definition) is 0. The first-order chi connectivity index (χ1) is 6.65. The van der Waals surface area contributed by atoms with E-state index < -0.39 is 0 Å². The molecule has 0 saturated heterocycles. The second kappa shape index (κ2) is 5.20.